The van der Waals surface area contributed by atoms with Gasteiger partial charge in [-0.15, -0.1) is 0 Å². The number of unbranched alkanes of at least 4 members (excludes halogenated alkanes) is 9. The summed E-state index contributed by atoms with van der Waals surface area (Å²) in [5.41, 5.74) is -0.711. The average Bonchev–Trinajstić information content (AvgIpc) is 2.70. The second kappa shape index (κ2) is 14.7. The Hall–Kier alpha value is -1.21. The SMILES string of the molecule is OCCCOCCCCCCCCCCCCc1c(F)c(F)c(F)c(F)c1F. The lowest BCUT2D eigenvalue weighted by Crippen LogP contribution is -2.07. The first-order valence-corrected chi connectivity index (χ1v) is 10.2. The van der Waals surface area contributed by atoms with Gasteiger partial charge in [-0.25, -0.2) is 22.0 Å². The zero-order valence-electron chi connectivity index (χ0n) is 16.4. The summed E-state index contributed by atoms with van der Waals surface area (Å²) in [6.07, 6.45) is 10.2. The molecule has 0 radical (unpaired) electrons. The molecular weight excluding hydrogens is 379 g/mol. The predicted molar refractivity (Wildman–Crippen MR) is 98.6 cm³/mol. The Labute approximate surface area is 164 Å². The van der Waals surface area contributed by atoms with Crippen molar-refractivity contribution in [2.45, 2.75) is 77.0 Å². The lowest BCUT2D eigenvalue weighted by Gasteiger charge is -2.08. The molecule has 28 heavy (non-hydrogen) atoms. The Morgan fingerprint density at radius 2 is 0.893 bits per heavy atom. The van der Waals surface area contributed by atoms with Crippen LogP contribution in [0.15, 0.2) is 0 Å². The van der Waals surface area contributed by atoms with E-state index in [1.54, 1.807) is 0 Å². The van der Waals surface area contributed by atoms with Crippen molar-refractivity contribution in [3.63, 3.8) is 0 Å². The van der Waals surface area contributed by atoms with Crippen LogP contribution < -0.4 is 0 Å². The third kappa shape index (κ3) is 8.86. The topological polar surface area (TPSA) is 29.5 Å². The first-order chi connectivity index (χ1) is 13.5. The van der Waals surface area contributed by atoms with Gasteiger partial charge in [0.05, 0.1) is 0 Å². The van der Waals surface area contributed by atoms with E-state index in [1.807, 2.05) is 0 Å². The molecule has 7 heteroatoms. The molecular formula is C21H31F5O2. The summed E-state index contributed by atoms with van der Waals surface area (Å²) < 4.78 is 71.7. The molecule has 0 aliphatic rings. The van der Waals surface area contributed by atoms with Crippen molar-refractivity contribution in [1.29, 1.82) is 0 Å². The minimum atomic E-state index is -2.10. The second-order valence-electron chi connectivity index (χ2n) is 7.02. The molecule has 0 amide bonds. The number of benzene rings is 1. The quantitative estimate of drug-likeness (QED) is 0.152. The molecule has 1 N–H and O–H groups in total. The Morgan fingerprint density at radius 3 is 1.39 bits per heavy atom. The number of hydrogen-bond donors (Lipinski definition) is 1. The summed E-state index contributed by atoms with van der Waals surface area (Å²) in [5, 5.41) is 8.61. The monoisotopic (exact) mass is 410 g/mol. The first kappa shape index (κ1) is 24.8. The van der Waals surface area contributed by atoms with Crippen molar-refractivity contribution in [3.05, 3.63) is 34.6 Å². The van der Waals surface area contributed by atoms with Gasteiger partial charge in [0.25, 0.3) is 0 Å². The van der Waals surface area contributed by atoms with Crippen LogP contribution in [-0.2, 0) is 11.2 Å². The summed E-state index contributed by atoms with van der Waals surface area (Å²) >= 11 is 0. The Kier molecular flexibility index (Phi) is 13.1. The highest BCUT2D eigenvalue weighted by atomic mass is 19.2. The first-order valence-electron chi connectivity index (χ1n) is 10.2. The van der Waals surface area contributed by atoms with E-state index in [0.29, 0.717) is 25.9 Å². The third-order valence-electron chi connectivity index (χ3n) is 4.71. The van der Waals surface area contributed by atoms with Gasteiger partial charge >= 0.3 is 0 Å². The van der Waals surface area contributed by atoms with Crippen LogP contribution in [0.4, 0.5) is 22.0 Å². The van der Waals surface area contributed by atoms with Gasteiger partial charge in [0.15, 0.2) is 23.3 Å². The van der Waals surface area contributed by atoms with E-state index in [2.05, 4.69) is 0 Å². The summed E-state index contributed by atoms with van der Waals surface area (Å²) in [4.78, 5) is 0. The van der Waals surface area contributed by atoms with Gasteiger partial charge in [-0.1, -0.05) is 51.4 Å². The summed E-state index contributed by atoms with van der Waals surface area (Å²) in [6, 6.07) is 0. The maximum absolute atomic E-state index is 13.5. The molecule has 0 saturated heterocycles. The maximum atomic E-state index is 13.5. The molecule has 0 saturated carbocycles. The van der Waals surface area contributed by atoms with E-state index in [-0.39, 0.29) is 13.0 Å². The minimum Gasteiger partial charge on any atom is -0.396 e. The second-order valence-corrected chi connectivity index (χ2v) is 7.02. The molecule has 0 atom stereocenters. The molecule has 0 spiro atoms. The zero-order chi connectivity index (χ0) is 20.8. The van der Waals surface area contributed by atoms with Crippen molar-refractivity contribution in [2.24, 2.45) is 0 Å². The molecule has 0 heterocycles. The Morgan fingerprint density at radius 1 is 0.500 bits per heavy atom. The Balaban J connectivity index is 2.02. The molecule has 162 valence electrons. The number of rotatable bonds is 16. The molecule has 1 aromatic carbocycles. The smallest absolute Gasteiger partial charge is 0.200 e. The number of aliphatic hydroxyl groups is 1. The van der Waals surface area contributed by atoms with Crippen LogP contribution in [0, 0.1) is 29.1 Å². The molecule has 0 aliphatic heterocycles. The van der Waals surface area contributed by atoms with Gasteiger partial charge in [-0.05, 0) is 25.7 Å². The van der Waals surface area contributed by atoms with Gasteiger partial charge < -0.3 is 9.84 Å². The zero-order valence-corrected chi connectivity index (χ0v) is 16.4. The van der Waals surface area contributed by atoms with Crippen LogP contribution in [0.2, 0.25) is 0 Å². The van der Waals surface area contributed by atoms with Gasteiger partial charge in [0, 0.05) is 25.4 Å². The minimum absolute atomic E-state index is 0.147. The predicted octanol–water partition coefficient (Wildman–Crippen LogP) is 6.22. The van der Waals surface area contributed by atoms with Crippen LogP contribution in [0.1, 0.15) is 76.2 Å². The summed E-state index contributed by atoms with van der Waals surface area (Å²) in [5.74, 6) is -9.27. The van der Waals surface area contributed by atoms with Crippen LogP contribution >= 0.6 is 0 Å². The Bertz CT molecular complexity index is 537. The average molecular weight is 410 g/mol. The highest BCUT2D eigenvalue weighted by Crippen LogP contribution is 2.24. The van der Waals surface area contributed by atoms with E-state index in [4.69, 9.17) is 9.84 Å². The van der Waals surface area contributed by atoms with Crippen LogP contribution in [0.3, 0.4) is 0 Å². The lowest BCUT2D eigenvalue weighted by molar-refractivity contribution is 0.112. The van der Waals surface area contributed by atoms with Gasteiger partial charge in [0.2, 0.25) is 5.82 Å². The van der Waals surface area contributed by atoms with Crippen molar-refractivity contribution in [2.75, 3.05) is 19.8 Å². The fraction of sp³-hybridized carbons (Fsp3) is 0.714. The third-order valence-corrected chi connectivity index (χ3v) is 4.71. The number of hydrogen-bond acceptors (Lipinski definition) is 2. The van der Waals surface area contributed by atoms with Crippen LogP contribution in [-0.4, -0.2) is 24.9 Å². The standard InChI is InChI=1S/C21H31F5O2/c22-17-16(18(23)20(25)21(26)19(17)24)12-9-7-5-3-1-2-4-6-8-10-14-28-15-11-13-27/h27H,1-15H2. The van der Waals surface area contributed by atoms with E-state index < -0.39 is 34.6 Å². The van der Waals surface area contributed by atoms with Crippen LogP contribution in [0.5, 0.6) is 0 Å². The highest BCUT2D eigenvalue weighted by molar-refractivity contribution is 5.24. The van der Waals surface area contributed by atoms with Crippen molar-refractivity contribution in [1.82, 2.24) is 0 Å². The molecule has 1 rings (SSSR count). The fourth-order valence-electron chi connectivity index (χ4n) is 3.06. The van der Waals surface area contributed by atoms with Gasteiger partial charge in [-0.2, -0.15) is 0 Å². The van der Waals surface area contributed by atoms with E-state index in [1.165, 1.54) is 0 Å². The molecule has 0 aromatic heterocycles. The highest BCUT2D eigenvalue weighted by Gasteiger charge is 2.24. The van der Waals surface area contributed by atoms with Crippen molar-refractivity contribution in [3.8, 4) is 0 Å². The molecule has 0 bridgehead atoms. The van der Waals surface area contributed by atoms with E-state index >= 15 is 0 Å². The maximum Gasteiger partial charge on any atom is 0.200 e. The normalized spacial score (nSPS) is 11.4. The molecule has 0 aliphatic carbocycles. The lowest BCUT2D eigenvalue weighted by atomic mass is 10.0. The van der Waals surface area contributed by atoms with Gasteiger partial charge in [0.1, 0.15) is 0 Å². The van der Waals surface area contributed by atoms with Gasteiger partial charge in [-0.3, -0.25) is 0 Å². The van der Waals surface area contributed by atoms with E-state index in [0.717, 1.165) is 58.0 Å². The fourth-order valence-corrected chi connectivity index (χ4v) is 3.06. The number of aliphatic hydroxyl groups excluding tert-OH is 1. The van der Waals surface area contributed by atoms with Crippen LogP contribution in [0.25, 0.3) is 0 Å². The number of halogens is 5. The molecule has 0 fully saturated rings. The largest absolute Gasteiger partial charge is 0.396 e. The van der Waals surface area contributed by atoms with Crippen molar-refractivity contribution < 1.29 is 31.8 Å². The van der Waals surface area contributed by atoms with E-state index in [9.17, 15) is 22.0 Å². The summed E-state index contributed by atoms with van der Waals surface area (Å²) in [7, 11) is 0. The molecule has 1 aromatic rings. The number of ether oxygens (including phenoxy) is 1. The molecule has 0 unspecified atom stereocenters. The van der Waals surface area contributed by atoms with Crippen molar-refractivity contribution >= 4 is 0 Å². The summed E-state index contributed by atoms with van der Waals surface area (Å²) in [6.45, 7) is 1.51. The molecule has 2 nitrogen and oxygen atoms in total.